The zero-order valence-corrected chi connectivity index (χ0v) is 11.1. The number of aliphatic hydroxyl groups is 1. The van der Waals surface area contributed by atoms with Gasteiger partial charge in [-0.25, -0.2) is 4.39 Å². The summed E-state index contributed by atoms with van der Waals surface area (Å²) in [5.74, 6) is -0.611. The lowest BCUT2D eigenvalue weighted by Crippen LogP contribution is -2.29. The number of halogens is 1. The van der Waals surface area contributed by atoms with E-state index >= 15 is 0 Å². The van der Waals surface area contributed by atoms with Gasteiger partial charge in [-0.1, -0.05) is 13.8 Å². The second kappa shape index (κ2) is 6.58. The zero-order valence-electron chi connectivity index (χ0n) is 11.1. The lowest BCUT2D eigenvalue weighted by Gasteiger charge is -2.23. The van der Waals surface area contributed by atoms with Gasteiger partial charge in [0.05, 0.1) is 11.0 Å². The number of benzene rings is 1. The molecule has 106 valence electrons. The molecule has 1 aromatic rings. The Morgan fingerprint density at radius 2 is 2.11 bits per heavy atom. The molecule has 0 aromatic heterocycles. The largest absolute Gasteiger partial charge is 0.396 e. The Balaban J connectivity index is 2.61. The van der Waals surface area contributed by atoms with Crippen LogP contribution in [0, 0.1) is 21.3 Å². The fraction of sp³-hybridized carbons (Fsp3) is 0.538. The summed E-state index contributed by atoms with van der Waals surface area (Å²) in [5.41, 5.74) is 0.214. The molecule has 0 heterocycles. The SMILES string of the molecule is CC(C)(CCO)CNCc1cc(F)cc([N+](=O)[O-])c1. The van der Waals surface area contributed by atoms with E-state index in [-0.39, 0.29) is 17.7 Å². The Kier molecular flexibility index (Phi) is 5.38. The Hall–Kier alpha value is -1.53. The highest BCUT2D eigenvalue weighted by Crippen LogP contribution is 2.19. The van der Waals surface area contributed by atoms with Crippen molar-refractivity contribution < 1.29 is 14.4 Å². The van der Waals surface area contributed by atoms with Crippen LogP contribution in [-0.4, -0.2) is 23.2 Å². The van der Waals surface area contributed by atoms with Crippen molar-refractivity contribution in [3.05, 3.63) is 39.7 Å². The van der Waals surface area contributed by atoms with Crippen molar-refractivity contribution in [3.63, 3.8) is 0 Å². The summed E-state index contributed by atoms with van der Waals surface area (Å²) in [5, 5.41) is 22.6. The van der Waals surface area contributed by atoms with E-state index in [0.29, 0.717) is 25.1 Å². The number of nitrogens with one attached hydrogen (secondary N) is 1. The number of non-ortho nitro benzene ring substituents is 1. The van der Waals surface area contributed by atoms with Crippen LogP contribution in [-0.2, 0) is 6.54 Å². The maximum atomic E-state index is 13.2. The van der Waals surface area contributed by atoms with Crippen molar-refractivity contribution in [1.82, 2.24) is 5.32 Å². The topological polar surface area (TPSA) is 75.4 Å². The van der Waals surface area contributed by atoms with Gasteiger partial charge >= 0.3 is 0 Å². The maximum Gasteiger partial charge on any atom is 0.272 e. The van der Waals surface area contributed by atoms with Gasteiger partial charge in [-0.05, 0) is 23.5 Å². The second-order valence-electron chi connectivity index (χ2n) is 5.32. The van der Waals surface area contributed by atoms with Gasteiger partial charge in [0.2, 0.25) is 0 Å². The molecule has 1 rings (SSSR count). The molecule has 0 aliphatic heterocycles. The molecule has 0 aliphatic carbocycles. The number of nitro groups is 1. The van der Waals surface area contributed by atoms with Crippen LogP contribution in [0.4, 0.5) is 10.1 Å². The lowest BCUT2D eigenvalue weighted by molar-refractivity contribution is -0.385. The highest BCUT2D eigenvalue weighted by Gasteiger charge is 2.16. The van der Waals surface area contributed by atoms with E-state index in [9.17, 15) is 14.5 Å². The van der Waals surface area contributed by atoms with E-state index < -0.39 is 10.7 Å². The number of rotatable bonds is 7. The molecule has 0 aliphatic rings. The molecule has 19 heavy (non-hydrogen) atoms. The number of hydrogen-bond acceptors (Lipinski definition) is 4. The summed E-state index contributed by atoms with van der Waals surface area (Å²) in [6.45, 7) is 5.11. The van der Waals surface area contributed by atoms with E-state index in [1.807, 2.05) is 13.8 Å². The van der Waals surface area contributed by atoms with E-state index in [4.69, 9.17) is 5.11 Å². The van der Waals surface area contributed by atoms with Crippen LogP contribution in [0.15, 0.2) is 18.2 Å². The summed E-state index contributed by atoms with van der Waals surface area (Å²) < 4.78 is 13.2. The molecule has 6 heteroatoms. The molecule has 1 aromatic carbocycles. The van der Waals surface area contributed by atoms with Gasteiger partial charge in [-0.15, -0.1) is 0 Å². The Bertz CT molecular complexity index is 450. The first-order chi connectivity index (χ1) is 8.84. The molecule has 0 saturated carbocycles. The van der Waals surface area contributed by atoms with Crippen LogP contribution >= 0.6 is 0 Å². The molecule has 0 fully saturated rings. The first kappa shape index (κ1) is 15.5. The van der Waals surface area contributed by atoms with Crippen LogP contribution in [0.1, 0.15) is 25.8 Å². The molecule has 0 spiro atoms. The molecular weight excluding hydrogens is 251 g/mol. The van der Waals surface area contributed by atoms with Crippen molar-refractivity contribution in [3.8, 4) is 0 Å². The van der Waals surface area contributed by atoms with Gasteiger partial charge in [0.1, 0.15) is 5.82 Å². The van der Waals surface area contributed by atoms with Crippen LogP contribution in [0.25, 0.3) is 0 Å². The highest BCUT2D eigenvalue weighted by atomic mass is 19.1. The second-order valence-corrected chi connectivity index (χ2v) is 5.32. The van der Waals surface area contributed by atoms with Crippen molar-refractivity contribution in [2.75, 3.05) is 13.2 Å². The third kappa shape index (κ3) is 5.32. The first-order valence-corrected chi connectivity index (χ1v) is 6.09. The molecule has 0 radical (unpaired) electrons. The van der Waals surface area contributed by atoms with Crippen LogP contribution < -0.4 is 5.32 Å². The monoisotopic (exact) mass is 270 g/mol. The summed E-state index contributed by atoms with van der Waals surface area (Å²) in [4.78, 5) is 10.0. The minimum atomic E-state index is -0.611. The lowest BCUT2D eigenvalue weighted by atomic mass is 9.90. The maximum absolute atomic E-state index is 13.2. The molecule has 0 unspecified atom stereocenters. The molecule has 0 bridgehead atoms. The number of nitrogens with zero attached hydrogens (tertiary/aromatic N) is 1. The van der Waals surface area contributed by atoms with Gasteiger partial charge in [-0.2, -0.15) is 0 Å². The van der Waals surface area contributed by atoms with E-state index in [0.717, 1.165) is 6.07 Å². The fourth-order valence-corrected chi connectivity index (χ4v) is 1.78. The predicted octanol–water partition coefficient (Wildman–Crippen LogP) is 2.23. The summed E-state index contributed by atoms with van der Waals surface area (Å²) in [6, 6.07) is 3.54. The Morgan fingerprint density at radius 3 is 2.68 bits per heavy atom. The van der Waals surface area contributed by atoms with Gasteiger partial charge in [0.15, 0.2) is 0 Å². The molecule has 5 nitrogen and oxygen atoms in total. The van der Waals surface area contributed by atoms with Gasteiger partial charge < -0.3 is 10.4 Å². The Morgan fingerprint density at radius 1 is 1.42 bits per heavy atom. The number of nitro benzene ring substituents is 1. The molecule has 2 N–H and O–H groups in total. The summed E-state index contributed by atoms with van der Waals surface area (Å²) >= 11 is 0. The first-order valence-electron chi connectivity index (χ1n) is 6.09. The number of hydrogen-bond donors (Lipinski definition) is 2. The van der Waals surface area contributed by atoms with Crippen molar-refractivity contribution in [2.24, 2.45) is 5.41 Å². The Labute approximate surface area is 111 Å². The van der Waals surface area contributed by atoms with Crippen molar-refractivity contribution in [2.45, 2.75) is 26.8 Å². The summed E-state index contributed by atoms with van der Waals surface area (Å²) in [7, 11) is 0. The quantitative estimate of drug-likeness (QED) is 0.588. The summed E-state index contributed by atoms with van der Waals surface area (Å²) in [6.07, 6.45) is 0.656. The average molecular weight is 270 g/mol. The van der Waals surface area contributed by atoms with Crippen molar-refractivity contribution >= 4 is 5.69 Å². The third-order valence-electron chi connectivity index (χ3n) is 2.87. The molecule has 0 atom stereocenters. The highest BCUT2D eigenvalue weighted by molar-refractivity contribution is 5.35. The van der Waals surface area contributed by atoms with Crippen LogP contribution in [0.3, 0.4) is 0 Å². The third-order valence-corrected chi connectivity index (χ3v) is 2.87. The minimum absolute atomic E-state index is 0.0754. The normalized spacial score (nSPS) is 11.6. The minimum Gasteiger partial charge on any atom is -0.396 e. The van der Waals surface area contributed by atoms with Gasteiger partial charge in [0, 0.05) is 25.8 Å². The standard InChI is InChI=1S/C13H19FN2O3/c1-13(2,3-4-17)9-15-8-10-5-11(14)7-12(6-10)16(18)19/h5-7,15,17H,3-4,8-9H2,1-2H3. The molecule has 0 amide bonds. The average Bonchev–Trinajstić information content (AvgIpc) is 2.27. The fourth-order valence-electron chi connectivity index (χ4n) is 1.78. The predicted molar refractivity (Wildman–Crippen MR) is 70.2 cm³/mol. The number of aliphatic hydroxyl groups excluding tert-OH is 1. The smallest absolute Gasteiger partial charge is 0.272 e. The van der Waals surface area contributed by atoms with Gasteiger partial charge in [0.25, 0.3) is 5.69 Å². The van der Waals surface area contributed by atoms with Crippen LogP contribution in [0.5, 0.6) is 0 Å². The van der Waals surface area contributed by atoms with E-state index in [1.165, 1.54) is 12.1 Å². The molecule has 0 saturated heterocycles. The van der Waals surface area contributed by atoms with E-state index in [2.05, 4.69) is 5.32 Å². The molecular formula is C13H19FN2O3. The zero-order chi connectivity index (χ0) is 14.5. The van der Waals surface area contributed by atoms with Crippen LogP contribution in [0.2, 0.25) is 0 Å². The van der Waals surface area contributed by atoms with E-state index in [1.54, 1.807) is 0 Å². The van der Waals surface area contributed by atoms with Crippen molar-refractivity contribution in [1.29, 1.82) is 0 Å². The van der Waals surface area contributed by atoms with Gasteiger partial charge in [-0.3, -0.25) is 10.1 Å².